The average molecular weight is 429 g/mol. The minimum Gasteiger partial charge on any atom is -0.414 e. The number of hydrogen-bond donors (Lipinski definition) is 1. The molecule has 0 aromatic rings. The molecule has 1 aliphatic heterocycles. The molecule has 1 heterocycles. The molecular weight excluding hydrogens is 401 g/mol. The van der Waals surface area contributed by atoms with Gasteiger partial charge in [-0.15, -0.1) is 6.58 Å². The largest absolute Gasteiger partial charge is 0.414 e. The first kappa shape index (κ1) is 23.0. The summed E-state index contributed by atoms with van der Waals surface area (Å²) < 4.78 is 10.3. The van der Waals surface area contributed by atoms with Gasteiger partial charge in [0.2, 0.25) is 0 Å². The highest BCUT2D eigenvalue weighted by Crippen LogP contribution is 2.37. The van der Waals surface area contributed by atoms with E-state index in [1.165, 1.54) is 0 Å². The third-order valence-corrected chi connectivity index (χ3v) is 9.67. The standard InChI is InChI=1S/C17H28Cl3NO3Si/c1-7-8-14-13(21-15(22)17(18,19)20)10-9-12(24-14)11-23-25(5,6)16(2,3)4/h7,9-10,12-14H,1,8,11H2,2-6H3,(H,21,22)/t12-,13+,14+/m0/s1. The third-order valence-electron chi connectivity index (χ3n) is 4.65. The predicted molar refractivity (Wildman–Crippen MR) is 108 cm³/mol. The normalized spacial score (nSPS) is 24.9. The highest BCUT2D eigenvalue weighted by Gasteiger charge is 2.39. The molecule has 0 saturated heterocycles. The monoisotopic (exact) mass is 427 g/mol. The molecule has 25 heavy (non-hydrogen) atoms. The molecule has 0 aliphatic carbocycles. The van der Waals surface area contributed by atoms with Gasteiger partial charge in [-0.3, -0.25) is 4.79 Å². The van der Waals surface area contributed by atoms with Crippen LogP contribution in [0.3, 0.4) is 0 Å². The number of ether oxygens (including phenoxy) is 1. The molecule has 1 aliphatic rings. The van der Waals surface area contributed by atoms with Crippen LogP contribution in [0.25, 0.3) is 0 Å². The van der Waals surface area contributed by atoms with Crippen molar-refractivity contribution in [2.75, 3.05) is 6.61 Å². The molecule has 8 heteroatoms. The number of alkyl halides is 3. The van der Waals surface area contributed by atoms with Crippen molar-refractivity contribution in [3.63, 3.8) is 0 Å². The van der Waals surface area contributed by atoms with Crippen LogP contribution in [0.1, 0.15) is 27.2 Å². The van der Waals surface area contributed by atoms with E-state index in [9.17, 15) is 4.79 Å². The number of carbonyl (C=O) groups excluding carboxylic acids is 1. The second kappa shape index (κ2) is 8.76. The molecule has 0 saturated carbocycles. The number of halogens is 3. The van der Waals surface area contributed by atoms with Gasteiger partial charge in [-0.05, 0) is 24.6 Å². The van der Waals surface area contributed by atoms with Crippen molar-refractivity contribution >= 4 is 49.0 Å². The summed E-state index contributed by atoms with van der Waals surface area (Å²) in [6, 6.07) is -0.384. The molecule has 0 fully saturated rings. The second-order valence-electron chi connectivity index (χ2n) is 7.69. The summed E-state index contributed by atoms with van der Waals surface area (Å²) in [6.45, 7) is 15.2. The lowest BCUT2D eigenvalue weighted by Gasteiger charge is -2.38. The molecule has 0 aromatic heterocycles. The maximum atomic E-state index is 11.9. The van der Waals surface area contributed by atoms with Gasteiger partial charge in [-0.2, -0.15) is 0 Å². The molecule has 1 amide bonds. The average Bonchev–Trinajstić information content (AvgIpc) is 2.45. The SMILES string of the molecule is C=CC[C@H]1O[C@H](CO[Si](C)(C)C(C)(C)C)C=C[C@H]1NC(=O)C(Cl)(Cl)Cl. The van der Waals surface area contributed by atoms with Crippen molar-refractivity contribution in [3.8, 4) is 0 Å². The van der Waals surface area contributed by atoms with Crippen LogP contribution < -0.4 is 5.32 Å². The van der Waals surface area contributed by atoms with Crippen LogP contribution in [0.15, 0.2) is 24.8 Å². The van der Waals surface area contributed by atoms with Crippen LogP contribution in [-0.2, 0) is 14.0 Å². The molecule has 1 N–H and O–H groups in total. The molecule has 0 aromatic carbocycles. The van der Waals surface area contributed by atoms with E-state index >= 15 is 0 Å². The first-order valence-corrected chi connectivity index (χ1v) is 12.3. The van der Waals surface area contributed by atoms with Crippen molar-refractivity contribution < 1.29 is 14.0 Å². The highest BCUT2D eigenvalue weighted by atomic mass is 35.6. The minimum absolute atomic E-state index is 0.132. The van der Waals surface area contributed by atoms with Crippen molar-refractivity contribution in [1.82, 2.24) is 5.32 Å². The predicted octanol–water partition coefficient (Wildman–Crippen LogP) is 4.76. The number of nitrogens with one attached hydrogen (secondary N) is 1. The molecule has 144 valence electrons. The first-order chi connectivity index (χ1) is 11.3. The number of hydrogen-bond acceptors (Lipinski definition) is 3. The number of carbonyl (C=O) groups is 1. The minimum atomic E-state index is -2.01. The van der Waals surface area contributed by atoms with E-state index in [0.29, 0.717) is 13.0 Å². The molecule has 0 spiro atoms. The lowest BCUT2D eigenvalue weighted by molar-refractivity contribution is -0.122. The van der Waals surface area contributed by atoms with Gasteiger partial charge in [0.25, 0.3) is 9.70 Å². The van der Waals surface area contributed by atoms with Crippen molar-refractivity contribution in [3.05, 3.63) is 24.8 Å². The maximum Gasteiger partial charge on any atom is 0.272 e. The Balaban J connectivity index is 2.75. The smallest absolute Gasteiger partial charge is 0.272 e. The Morgan fingerprint density at radius 3 is 2.40 bits per heavy atom. The summed E-state index contributed by atoms with van der Waals surface area (Å²) in [4.78, 5) is 11.9. The van der Waals surface area contributed by atoms with Crippen LogP contribution >= 0.6 is 34.8 Å². The fourth-order valence-electron chi connectivity index (χ4n) is 2.06. The molecule has 4 nitrogen and oxygen atoms in total. The molecule has 0 bridgehead atoms. The summed E-state index contributed by atoms with van der Waals surface area (Å²) in [7, 11) is -1.85. The maximum absolute atomic E-state index is 11.9. The molecule has 3 atom stereocenters. The zero-order valence-electron chi connectivity index (χ0n) is 15.4. The van der Waals surface area contributed by atoms with Gasteiger partial charge in [0.05, 0.1) is 24.9 Å². The fraction of sp³-hybridized carbons (Fsp3) is 0.706. The number of amides is 1. The Labute approximate surface area is 167 Å². The van der Waals surface area contributed by atoms with Gasteiger partial charge >= 0.3 is 0 Å². The van der Waals surface area contributed by atoms with Crippen LogP contribution in [0.4, 0.5) is 0 Å². The van der Waals surface area contributed by atoms with Crippen molar-refractivity contribution in [2.24, 2.45) is 0 Å². The van der Waals surface area contributed by atoms with Gasteiger partial charge in [0.15, 0.2) is 8.32 Å². The summed E-state index contributed by atoms with van der Waals surface area (Å²) in [5.74, 6) is -0.680. The Kier molecular flexibility index (Phi) is 8.06. The van der Waals surface area contributed by atoms with Crippen LogP contribution in [-0.4, -0.2) is 42.9 Å². The van der Waals surface area contributed by atoms with Crippen molar-refractivity contribution in [2.45, 2.75) is 67.4 Å². The van der Waals surface area contributed by atoms with E-state index in [1.807, 2.05) is 12.2 Å². The highest BCUT2D eigenvalue weighted by molar-refractivity contribution is 6.76. The lowest BCUT2D eigenvalue weighted by atomic mass is 10.0. The summed E-state index contributed by atoms with van der Waals surface area (Å²) >= 11 is 16.9. The van der Waals surface area contributed by atoms with Gasteiger partial charge < -0.3 is 14.5 Å². The molecule has 0 unspecified atom stereocenters. The van der Waals surface area contributed by atoms with E-state index < -0.39 is 18.0 Å². The molecule has 0 radical (unpaired) electrons. The van der Waals surface area contributed by atoms with E-state index in [2.05, 4.69) is 45.8 Å². The Morgan fingerprint density at radius 1 is 1.32 bits per heavy atom. The van der Waals surface area contributed by atoms with E-state index in [-0.39, 0.29) is 23.3 Å². The van der Waals surface area contributed by atoms with Gasteiger partial charge in [-0.25, -0.2) is 0 Å². The zero-order valence-corrected chi connectivity index (χ0v) is 18.7. The van der Waals surface area contributed by atoms with Gasteiger partial charge in [0, 0.05) is 0 Å². The fourth-order valence-corrected chi connectivity index (χ4v) is 3.24. The Hall–Kier alpha value is -0.0431. The zero-order chi connectivity index (χ0) is 19.5. The van der Waals surface area contributed by atoms with Crippen LogP contribution in [0, 0.1) is 0 Å². The third kappa shape index (κ3) is 6.89. The van der Waals surface area contributed by atoms with E-state index in [4.69, 9.17) is 44.0 Å². The molecule has 1 rings (SSSR count). The Morgan fingerprint density at radius 2 is 1.92 bits per heavy atom. The number of rotatable bonds is 6. The van der Waals surface area contributed by atoms with Crippen LogP contribution in [0.2, 0.25) is 18.1 Å². The molecular formula is C17H28Cl3NO3Si. The summed E-state index contributed by atoms with van der Waals surface area (Å²) in [6.07, 6.45) is 5.59. The van der Waals surface area contributed by atoms with E-state index in [1.54, 1.807) is 6.08 Å². The Bertz CT molecular complexity index is 512. The van der Waals surface area contributed by atoms with Crippen molar-refractivity contribution in [1.29, 1.82) is 0 Å². The van der Waals surface area contributed by atoms with Gasteiger partial charge in [0.1, 0.15) is 0 Å². The quantitative estimate of drug-likeness (QED) is 0.377. The topological polar surface area (TPSA) is 47.6 Å². The van der Waals surface area contributed by atoms with Crippen LogP contribution in [0.5, 0.6) is 0 Å². The second-order valence-corrected chi connectivity index (χ2v) is 14.8. The first-order valence-electron chi connectivity index (χ1n) is 8.24. The summed E-state index contributed by atoms with van der Waals surface area (Å²) in [5.41, 5.74) is 0. The van der Waals surface area contributed by atoms with E-state index in [0.717, 1.165) is 0 Å². The lowest BCUT2D eigenvalue weighted by Crippen LogP contribution is -2.51. The summed E-state index contributed by atoms with van der Waals surface area (Å²) in [5, 5.41) is 2.82. The van der Waals surface area contributed by atoms with Gasteiger partial charge in [-0.1, -0.05) is 73.8 Å².